The van der Waals surface area contributed by atoms with E-state index in [0.29, 0.717) is 5.69 Å². The van der Waals surface area contributed by atoms with Crippen LogP contribution < -0.4 is 10.1 Å². The van der Waals surface area contributed by atoms with E-state index in [9.17, 15) is 19.7 Å². The van der Waals surface area contributed by atoms with Crippen LogP contribution in [0.1, 0.15) is 0 Å². The SMILES string of the molecule is COC(=O)/C=C1\Nc2ccc([N+](=O)[O-])cc2OC1=O. The second-order valence-electron chi connectivity index (χ2n) is 3.53. The van der Waals surface area contributed by atoms with E-state index < -0.39 is 16.9 Å². The third-order valence-corrected chi connectivity index (χ3v) is 2.33. The number of hydrogen-bond donors (Lipinski definition) is 1. The fourth-order valence-corrected chi connectivity index (χ4v) is 1.44. The van der Waals surface area contributed by atoms with Gasteiger partial charge in [-0.05, 0) is 6.07 Å². The van der Waals surface area contributed by atoms with Crippen LogP contribution in [0.15, 0.2) is 30.0 Å². The molecule has 0 amide bonds. The van der Waals surface area contributed by atoms with E-state index in [-0.39, 0.29) is 17.1 Å². The Labute approximate surface area is 106 Å². The summed E-state index contributed by atoms with van der Waals surface area (Å²) in [6, 6.07) is 3.75. The molecule has 1 aromatic rings. The Morgan fingerprint density at radius 2 is 2.26 bits per heavy atom. The van der Waals surface area contributed by atoms with E-state index in [1.165, 1.54) is 19.2 Å². The first-order valence-electron chi connectivity index (χ1n) is 5.08. The number of esters is 2. The molecule has 8 nitrogen and oxygen atoms in total. The monoisotopic (exact) mass is 264 g/mol. The molecule has 0 saturated carbocycles. The molecule has 1 aliphatic heterocycles. The number of carbonyl (C=O) groups is 2. The average molecular weight is 264 g/mol. The van der Waals surface area contributed by atoms with E-state index in [1.807, 2.05) is 0 Å². The number of ether oxygens (including phenoxy) is 2. The van der Waals surface area contributed by atoms with Crippen LogP contribution in [0, 0.1) is 10.1 Å². The van der Waals surface area contributed by atoms with Gasteiger partial charge in [0.25, 0.3) is 5.69 Å². The number of benzene rings is 1. The van der Waals surface area contributed by atoms with E-state index in [2.05, 4.69) is 10.1 Å². The smallest absolute Gasteiger partial charge is 0.360 e. The summed E-state index contributed by atoms with van der Waals surface area (Å²) < 4.78 is 9.29. The van der Waals surface area contributed by atoms with Crippen LogP contribution >= 0.6 is 0 Å². The van der Waals surface area contributed by atoms with Crippen LogP contribution in [0.3, 0.4) is 0 Å². The van der Waals surface area contributed by atoms with Gasteiger partial charge in [-0.3, -0.25) is 10.1 Å². The van der Waals surface area contributed by atoms with Gasteiger partial charge in [-0.25, -0.2) is 9.59 Å². The molecule has 0 unspecified atom stereocenters. The van der Waals surface area contributed by atoms with Crippen LogP contribution in [-0.2, 0) is 14.3 Å². The second-order valence-corrected chi connectivity index (χ2v) is 3.53. The van der Waals surface area contributed by atoms with Gasteiger partial charge in [-0.15, -0.1) is 0 Å². The van der Waals surface area contributed by atoms with Crippen molar-refractivity contribution in [3.8, 4) is 5.75 Å². The largest absolute Gasteiger partial charge is 0.466 e. The molecule has 0 fully saturated rings. The number of fused-ring (bicyclic) bond motifs is 1. The van der Waals surface area contributed by atoms with Crippen LogP contribution in [0.2, 0.25) is 0 Å². The maximum Gasteiger partial charge on any atom is 0.360 e. The van der Waals surface area contributed by atoms with Gasteiger partial charge in [-0.1, -0.05) is 0 Å². The number of nitrogens with one attached hydrogen (secondary N) is 1. The Hall–Kier alpha value is -2.90. The van der Waals surface area contributed by atoms with Gasteiger partial charge in [0, 0.05) is 6.07 Å². The molecular formula is C11H8N2O6. The summed E-state index contributed by atoms with van der Waals surface area (Å²) in [5.74, 6) is -1.51. The van der Waals surface area contributed by atoms with E-state index in [0.717, 1.165) is 12.1 Å². The first-order valence-corrected chi connectivity index (χ1v) is 5.08. The van der Waals surface area contributed by atoms with Gasteiger partial charge < -0.3 is 14.8 Å². The predicted octanol–water partition coefficient (Wildman–Crippen LogP) is 0.983. The maximum atomic E-state index is 11.6. The van der Waals surface area contributed by atoms with Gasteiger partial charge in [0.05, 0.1) is 29.9 Å². The Kier molecular flexibility index (Phi) is 3.15. The highest BCUT2D eigenvalue weighted by Gasteiger charge is 2.25. The zero-order chi connectivity index (χ0) is 14.0. The summed E-state index contributed by atoms with van der Waals surface area (Å²) in [7, 11) is 1.17. The first kappa shape index (κ1) is 12.6. The van der Waals surface area contributed by atoms with Crippen LogP contribution in [0.25, 0.3) is 0 Å². The zero-order valence-corrected chi connectivity index (χ0v) is 9.71. The number of hydrogen-bond acceptors (Lipinski definition) is 7. The Morgan fingerprint density at radius 3 is 2.89 bits per heavy atom. The highest BCUT2D eigenvalue weighted by atomic mass is 16.6. The molecule has 0 radical (unpaired) electrons. The molecule has 1 aromatic carbocycles. The Balaban J connectivity index is 2.35. The lowest BCUT2D eigenvalue weighted by molar-refractivity contribution is -0.384. The van der Waals surface area contributed by atoms with Crippen LogP contribution in [-0.4, -0.2) is 24.0 Å². The fourth-order valence-electron chi connectivity index (χ4n) is 1.44. The minimum Gasteiger partial charge on any atom is -0.466 e. The molecule has 0 aromatic heterocycles. The molecule has 2 rings (SSSR count). The number of anilines is 1. The van der Waals surface area contributed by atoms with Crippen LogP contribution in [0.4, 0.5) is 11.4 Å². The van der Waals surface area contributed by atoms with Crippen molar-refractivity contribution in [3.05, 3.63) is 40.1 Å². The number of non-ortho nitro benzene ring substituents is 1. The Bertz CT molecular complexity index is 607. The van der Waals surface area contributed by atoms with Crippen molar-refractivity contribution in [2.24, 2.45) is 0 Å². The number of methoxy groups -OCH3 is 1. The quantitative estimate of drug-likeness (QED) is 0.279. The predicted molar refractivity (Wildman–Crippen MR) is 62.5 cm³/mol. The van der Waals surface area contributed by atoms with E-state index in [1.54, 1.807) is 0 Å². The third-order valence-electron chi connectivity index (χ3n) is 2.33. The Morgan fingerprint density at radius 1 is 1.53 bits per heavy atom. The van der Waals surface area contributed by atoms with Gasteiger partial charge in [0.1, 0.15) is 5.70 Å². The molecule has 19 heavy (non-hydrogen) atoms. The molecule has 0 atom stereocenters. The molecule has 0 bridgehead atoms. The van der Waals surface area contributed by atoms with Crippen molar-refractivity contribution in [2.45, 2.75) is 0 Å². The van der Waals surface area contributed by atoms with Crippen molar-refractivity contribution < 1.29 is 24.0 Å². The van der Waals surface area contributed by atoms with E-state index >= 15 is 0 Å². The normalized spacial score (nSPS) is 15.2. The zero-order valence-electron chi connectivity index (χ0n) is 9.71. The summed E-state index contributed by atoms with van der Waals surface area (Å²) in [6.07, 6.45) is 0.937. The standard InChI is InChI=1S/C11H8N2O6/c1-18-10(14)5-8-11(15)19-9-4-6(13(16)17)2-3-7(9)12-8/h2-5,12H,1H3/b8-5-. The number of nitrogens with zero attached hydrogens (tertiary/aromatic N) is 1. The van der Waals surface area contributed by atoms with E-state index in [4.69, 9.17) is 4.74 Å². The first-order chi connectivity index (χ1) is 9.01. The molecule has 0 aliphatic carbocycles. The summed E-state index contributed by atoms with van der Waals surface area (Å²) in [5.41, 5.74) is 0.0438. The lowest BCUT2D eigenvalue weighted by Gasteiger charge is -2.19. The van der Waals surface area contributed by atoms with Crippen LogP contribution in [0.5, 0.6) is 5.75 Å². The van der Waals surface area contributed by atoms with Crippen molar-refractivity contribution in [2.75, 3.05) is 12.4 Å². The number of rotatable bonds is 2. The summed E-state index contributed by atoms with van der Waals surface area (Å²) in [5, 5.41) is 13.2. The third kappa shape index (κ3) is 2.51. The molecule has 0 spiro atoms. The second kappa shape index (κ2) is 4.77. The molecule has 1 heterocycles. The lowest BCUT2D eigenvalue weighted by Crippen LogP contribution is -2.24. The molecule has 1 N–H and O–H groups in total. The molecular weight excluding hydrogens is 256 g/mol. The molecule has 1 aliphatic rings. The van der Waals surface area contributed by atoms with Crippen molar-refractivity contribution in [1.29, 1.82) is 0 Å². The molecule has 0 saturated heterocycles. The average Bonchev–Trinajstić information content (AvgIpc) is 2.38. The highest BCUT2D eigenvalue weighted by molar-refractivity contribution is 6.02. The van der Waals surface area contributed by atoms with Crippen molar-refractivity contribution in [1.82, 2.24) is 0 Å². The lowest BCUT2D eigenvalue weighted by atomic mass is 10.2. The minimum atomic E-state index is -0.821. The number of nitro groups is 1. The summed E-state index contributed by atoms with van der Waals surface area (Å²) in [6.45, 7) is 0. The maximum absolute atomic E-state index is 11.6. The summed E-state index contributed by atoms with van der Waals surface area (Å²) in [4.78, 5) is 32.6. The molecule has 98 valence electrons. The number of carbonyl (C=O) groups excluding carboxylic acids is 2. The number of nitro benzene ring substituents is 1. The molecule has 8 heteroatoms. The van der Waals surface area contributed by atoms with Gasteiger partial charge in [0.2, 0.25) is 0 Å². The summed E-state index contributed by atoms with van der Waals surface area (Å²) >= 11 is 0. The van der Waals surface area contributed by atoms with Gasteiger partial charge >= 0.3 is 11.9 Å². The fraction of sp³-hybridized carbons (Fsp3) is 0.0909. The van der Waals surface area contributed by atoms with Crippen molar-refractivity contribution in [3.63, 3.8) is 0 Å². The highest BCUT2D eigenvalue weighted by Crippen LogP contribution is 2.33. The van der Waals surface area contributed by atoms with Gasteiger partial charge in [0.15, 0.2) is 5.75 Å². The van der Waals surface area contributed by atoms with Crippen molar-refractivity contribution >= 4 is 23.3 Å². The van der Waals surface area contributed by atoms with Gasteiger partial charge in [-0.2, -0.15) is 0 Å². The topological polar surface area (TPSA) is 108 Å². The minimum absolute atomic E-state index is 0.0289.